The van der Waals surface area contributed by atoms with Crippen LogP contribution in [-0.4, -0.2) is 0 Å². The van der Waals surface area contributed by atoms with Crippen LogP contribution < -0.4 is 4.90 Å². The van der Waals surface area contributed by atoms with Gasteiger partial charge in [-0.2, -0.15) is 0 Å². The van der Waals surface area contributed by atoms with Crippen molar-refractivity contribution in [2.45, 2.75) is 12.5 Å². The van der Waals surface area contributed by atoms with Crippen molar-refractivity contribution in [3.8, 4) is 6.07 Å². The highest BCUT2D eigenvalue weighted by molar-refractivity contribution is 6.00. The molecular formula is C42H29N3O. The molecule has 0 amide bonds. The maximum atomic E-state index is 9.56. The number of benzene rings is 6. The van der Waals surface area contributed by atoms with Gasteiger partial charge in [0, 0.05) is 23.2 Å². The van der Waals surface area contributed by atoms with Crippen molar-refractivity contribution in [2.24, 2.45) is 0 Å². The van der Waals surface area contributed by atoms with E-state index < -0.39 is 0 Å². The van der Waals surface area contributed by atoms with Gasteiger partial charge in [-0.25, -0.2) is 10.1 Å². The summed E-state index contributed by atoms with van der Waals surface area (Å²) in [5.41, 5.74) is 6.03. The highest BCUT2D eigenvalue weighted by atomic mass is 16.5. The maximum Gasteiger partial charge on any atom is 0.265 e. The van der Waals surface area contributed by atoms with Crippen LogP contribution in [0.3, 0.4) is 0 Å². The lowest BCUT2D eigenvalue weighted by Gasteiger charge is -2.27. The Kier molecular flexibility index (Phi) is 7.85. The zero-order valence-corrected chi connectivity index (χ0v) is 25.0. The van der Waals surface area contributed by atoms with Gasteiger partial charge in [0.05, 0.1) is 18.3 Å². The van der Waals surface area contributed by atoms with E-state index in [4.69, 9.17) is 11.3 Å². The van der Waals surface area contributed by atoms with Crippen LogP contribution in [0.15, 0.2) is 169 Å². The number of allylic oxidation sites excluding steroid dienone is 3. The zero-order valence-electron chi connectivity index (χ0n) is 25.0. The number of hydrogen-bond donors (Lipinski definition) is 0. The van der Waals surface area contributed by atoms with Gasteiger partial charge >= 0.3 is 0 Å². The number of nitriles is 1. The molecule has 6 aromatic rings. The van der Waals surface area contributed by atoms with E-state index in [0.29, 0.717) is 17.8 Å². The highest BCUT2D eigenvalue weighted by Gasteiger charge is 2.22. The molecule has 6 aromatic carbocycles. The van der Waals surface area contributed by atoms with Crippen molar-refractivity contribution < 1.29 is 4.74 Å². The van der Waals surface area contributed by atoms with Crippen molar-refractivity contribution in [2.75, 3.05) is 4.90 Å². The molecule has 0 radical (unpaired) electrons. The monoisotopic (exact) mass is 591 g/mol. The average molecular weight is 592 g/mol. The van der Waals surface area contributed by atoms with Crippen molar-refractivity contribution in [3.63, 3.8) is 0 Å². The van der Waals surface area contributed by atoms with E-state index in [0.717, 1.165) is 28.2 Å². The topological polar surface area (TPSA) is 40.6 Å². The molecule has 0 saturated heterocycles. The van der Waals surface area contributed by atoms with Gasteiger partial charge in [0.15, 0.2) is 0 Å². The van der Waals surface area contributed by atoms with Crippen LogP contribution in [0.4, 0.5) is 17.1 Å². The first-order valence-electron chi connectivity index (χ1n) is 15.2. The van der Waals surface area contributed by atoms with Crippen LogP contribution in [-0.2, 0) is 4.74 Å². The summed E-state index contributed by atoms with van der Waals surface area (Å²) in [5, 5.41) is 14.3. The third-order valence-corrected chi connectivity index (χ3v) is 8.28. The van der Waals surface area contributed by atoms with E-state index in [9.17, 15) is 5.26 Å². The van der Waals surface area contributed by atoms with Crippen LogP contribution in [0.1, 0.15) is 23.7 Å². The van der Waals surface area contributed by atoms with Crippen LogP contribution in [0.2, 0.25) is 0 Å². The number of anilines is 3. The largest absolute Gasteiger partial charge is 0.485 e. The van der Waals surface area contributed by atoms with Crippen LogP contribution >= 0.6 is 0 Å². The molecule has 0 bridgehead atoms. The van der Waals surface area contributed by atoms with Gasteiger partial charge in [-0.1, -0.05) is 115 Å². The predicted molar refractivity (Wildman–Crippen MR) is 187 cm³/mol. The fourth-order valence-corrected chi connectivity index (χ4v) is 6.00. The molecule has 4 nitrogen and oxygen atoms in total. The molecule has 0 aromatic heterocycles. The lowest BCUT2D eigenvalue weighted by molar-refractivity contribution is 0.118. The van der Waals surface area contributed by atoms with E-state index >= 15 is 0 Å². The van der Waals surface area contributed by atoms with Crippen molar-refractivity contribution in [1.82, 2.24) is 0 Å². The molecule has 0 aliphatic carbocycles. The molecule has 1 aliphatic heterocycles. The Morgan fingerprint density at radius 1 is 0.739 bits per heavy atom. The first kappa shape index (κ1) is 28.4. The third-order valence-electron chi connectivity index (χ3n) is 8.28. The van der Waals surface area contributed by atoms with Crippen LogP contribution in [0, 0.1) is 17.9 Å². The second-order valence-corrected chi connectivity index (χ2v) is 11.2. The van der Waals surface area contributed by atoms with E-state index in [2.05, 4.69) is 119 Å². The minimum Gasteiger partial charge on any atom is -0.485 e. The Morgan fingerprint density at radius 2 is 1.43 bits per heavy atom. The molecule has 46 heavy (non-hydrogen) atoms. The summed E-state index contributed by atoms with van der Waals surface area (Å²) in [6.45, 7) is 7.48. The summed E-state index contributed by atoms with van der Waals surface area (Å²) in [4.78, 5) is 5.77. The summed E-state index contributed by atoms with van der Waals surface area (Å²) in [6.07, 6.45) is 5.92. The Morgan fingerprint density at radius 3 is 2.22 bits per heavy atom. The summed E-state index contributed by atoms with van der Waals surface area (Å²) in [5.74, 6) is 0.615. The molecule has 0 N–H and O–H groups in total. The van der Waals surface area contributed by atoms with Gasteiger partial charge in [-0.3, -0.25) is 0 Å². The minimum atomic E-state index is -0.274. The minimum absolute atomic E-state index is 0.0988. The summed E-state index contributed by atoms with van der Waals surface area (Å²) >= 11 is 0. The maximum absolute atomic E-state index is 9.56. The number of hydrogen-bond acceptors (Lipinski definition) is 3. The van der Waals surface area contributed by atoms with E-state index in [1.165, 1.54) is 21.5 Å². The van der Waals surface area contributed by atoms with E-state index in [1.807, 2.05) is 54.6 Å². The molecule has 0 saturated carbocycles. The molecular weight excluding hydrogens is 562 g/mol. The fourth-order valence-electron chi connectivity index (χ4n) is 6.00. The fraction of sp³-hybridized carbons (Fsp3) is 0.0476. The van der Waals surface area contributed by atoms with Crippen molar-refractivity contribution in [3.05, 3.63) is 191 Å². The van der Waals surface area contributed by atoms with Crippen LogP contribution in [0.5, 0.6) is 0 Å². The standard InChI is InChI=1S/C42H29N3O/c1-44-40(29-43)35-27-38(46-42(28-35)33-12-3-2-4-13-33)25-20-30-18-22-36(23-19-30)45(37-24-21-31-10-5-6-14-34(31)26-37)41-17-9-15-32-11-7-8-16-39(32)41/h2-27,42H,28H2/b25-20+,40-35+. The summed E-state index contributed by atoms with van der Waals surface area (Å²) in [6, 6.07) is 50.4. The van der Waals surface area contributed by atoms with Gasteiger partial charge in [0.1, 0.15) is 11.9 Å². The number of rotatable bonds is 6. The van der Waals surface area contributed by atoms with Gasteiger partial charge in [0.25, 0.3) is 5.70 Å². The van der Waals surface area contributed by atoms with Gasteiger partial charge < -0.3 is 9.64 Å². The molecule has 1 aliphatic rings. The zero-order chi connectivity index (χ0) is 31.3. The quantitative estimate of drug-likeness (QED) is 0.143. The van der Waals surface area contributed by atoms with Crippen molar-refractivity contribution in [1.29, 1.82) is 5.26 Å². The molecule has 1 atom stereocenters. The second-order valence-electron chi connectivity index (χ2n) is 11.2. The Hall–Kier alpha value is -6.36. The summed E-state index contributed by atoms with van der Waals surface area (Å²) < 4.78 is 6.34. The van der Waals surface area contributed by atoms with Crippen LogP contribution in [0.25, 0.3) is 32.5 Å². The van der Waals surface area contributed by atoms with Gasteiger partial charge in [0.2, 0.25) is 0 Å². The molecule has 0 spiro atoms. The number of fused-ring (bicyclic) bond motifs is 2. The van der Waals surface area contributed by atoms with Gasteiger partial charge in [-0.15, -0.1) is 0 Å². The lowest BCUT2D eigenvalue weighted by atomic mass is 9.97. The normalized spacial score (nSPS) is 15.5. The Balaban J connectivity index is 1.24. The van der Waals surface area contributed by atoms with Crippen molar-refractivity contribution >= 4 is 44.7 Å². The SMILES string of the molecule is [C-]#[N+]/C(C#N)=C1C=C(/C=C/c2ccc(N(c3ccc4ccccc4c3)c3cccc4ccccc34)cc2)OC(c2ccccc2)C\1. The molecule has 218 valence electrons. The Bertz CT molecular complexity index is 2210. The Labute approximate surface area is 268 Å². The highest BCUT2D eigenvalue weighted by Crippen LogP contribution is 2.40. The molecule has 1 unspecified atom stereocenters. The molecule has 1 heterocycles. The first-order valence-corrected chi connectivity index (χ1v) is 15.2. The molecule has 4 heteroatoms. The average Bonchev–Trinajstić information content (AvgIpc) is 3.12. The predicted octanol–water partition coefficient (Wildman–Crippen LogP) is 11.2. The number of nitrogens with zero attached hydrogens (tertiary/aromatic N) is 3. The second kappa shape index (κ2) is 12.7. The molecule has 0 fully saturated rings. The summed E-state index contributed by atoms with van der Waals surface area (Å²) in [7, 11) is 0. The third kappa shape index (κ3) is 5.76. The molecule has 7 rings (SSSR count). The van der Waals surface area contributed by atoms with E-state index in [-0.39, 0.29) is 11.8 Å². The smallest absolute Gasteiger partial charge is 0.265 e. The number of ether oxygens (including phenoxy) is 1. The lowest BCUT2D eigenvalue weighted by Crippen LogP contribution is -2.10. The van der Waals surface area contributed by atoms with E-state index in [1.54, 1.807) is 0 Å². The van der Waals surface area contributed by atoms with Gasteiger partial charge in [-0.05, 0) is 75.3 Å². The first-order chi connectivity index (χ1) is 22.7.